The third-order valence-corrected chi connectivity index (χ3v) is 12.5. The second kappa shape index (κ2) is 26.0. The van der Waals surface area contributed by atoms with Crippen LogP contribution in [0.2, 0.25) is 0 Å². The van der Waals surface area contributed by atoms with Crippen LogP contribution in [0.4, 0.5) is 0 Å². The summed E-state index contributed by atoms with van der Waals surface area (Å²) in [4.78, 5) is 16.0. The fourth-order valence-corrected chi connectivity index (χ4v) is 8.55. The van der Waals surface area contributed by atoms with Gasteiger partial charge in [0.15, 0.2) is 0 Å². The minimum Gasteiger partial charge on any atom is -0.426 e. The molecule has 52 heavy (non-hydrogen) atoms. The molecule has 1 heterocycles. The zero-order valence-electron chi connectivity index (χ0n) is 36.3. The molecule has 0 aromatic heterocycles. The van der Waals surface area contributed by atoms with Gasteiger partial charge in [-0.1, -0.05) is 123 Å². The van der Waals surface area contributed by atoms with Gasteiger partial charge >= 0.3 is 5.97 Å². The molecule has 298 valence electrons. The Labute approximate surface area is 324 Å². The molecule has 3 nitrogen and oxygen atoms in total. The molecule has 3 heteroatoms. The van der Waals surface area contributed by atoms with Crippen molar-refractivity contribution in [3.05, 3.63) is 51.6 Å². The van der Waals surface area contributed by atoms with Crippen molar-refractivity contribution in [2.75, 3.05) is 19.6 Å². The maximum Gasteiger partial charge on any atom is 0.311 e. The zero-order valence-corrected chi connectivity index (χ0v) is 36.3. The van der Waals surface area contributed by atoms with Crippen LogP contribution in [0, 0.1) is 51.4 Å². The van der Waals surface area contributed by atoms with Gasteiger partial charge in [-0.05, 0) is 169 Å². The number of unbranched alkanes of at least 4 members (excludes halogenated alkanes) is 1. The molecule has 1 saturated heterocycles. The Morgan fingerprint density at radius 1 is 0.750 bits per heavy atom. The molecule has 0 spiro atoms. The lowest BCUT2D eigenvalue weighted by atomic mass is 9.88. The Kier molecular flexibility index (Phi) is 23.2. The van der Waals surface area contributed by atoms with E-state index in [0.717, 1.165) is 85.5 Å². The third kappa shape index (κ3) is 18.0. The van der Waals surface area contributed by atoms with E-state index >= 15 is 0 Å². The van der Waals surface area contributed by atoms with Crippen LogP contribution in [0.25, 0.3) is 0 Å². The Morgan fingerprint density at radius 2 is 1.38 bits per heavy atom. The normalized spacial score (nSPS) is 15.7. The van der Waals surface area contributed by atoms with Gasteiger partial charge in [-0.2, -0.15) is 0 Å². The van der Waals surface area contributed by atoms with Gasteiger partial charge in [0, 0.05) is 6.42 Å². The monoisotopic (exact) mass is 720 g/mol. The molecule has 0 saturated carbocycles. The van der Waals surface area contributed by atoms with Crippen LogP contribution in [0.5, 0.6) is 5.75 Å². The summed E-state index contributed by atoms with van der Waals surface area (Å²) in [5.41, 5.74) is 8.99. The first kappa shape index (κ1) is 46.3. The summed E-state index contributed by atoms with van der Waals surface area (Å²) in [5, 5.41) is 0. The number of rotatable bonds is 27. The summed E-state index contributed by atoms with van der Waals surface area (Å²) in [6.45, 7) is 31.1. The van der Waals surface area contributed by atoms with E-state index in [1.807, 2.05) is 0 Å². The van der Waals surface area contributed by atoms with E-state index in [1.165, 1.54) is 131 Å². The second-order valence-electron chi connectivity index (χ2n) is 17.7. The van der Waals surface area contributed by atoms with Gasteiger partial charge in [-0.3, -0.25) is 4.79 Å². The molecule has 0 N–H and O–H groups in total. The lowest BCUT2D eigenvalue weighted by Gasteiger charge is -2.31. The van der Waals surface area contributed by atoms with Crippen molar-refractivity contribution in [1.29, 1.82) is 0 Å². The van der Waals surface area contributed by atoms with E-state index in [2.05, 4.69) is 86.8 Å². The van der Waals surface area contributed by atoms with Crippen molar-refractivity contribution in [3.63, 3.8) is 0 Å². The second-order valence-corrected chi connectivity index (χ2v) is 17.7. The van der Waals surface area contributed by atoms with E-state index in [9.17, 15) is 4.79 Å². The number of carbonyl (C=O) groups is 1. The van der Waals surface area contributed by atoms with Gasteiger partial charge in [-0.25, -0.2) is 0 Å². The molecule has 2 rings (SSSR count). The number of nitrogens with zero attached hydrogens (tertiary/aromatic N) is 1. The Hall–Kier alpha value is -1.87. The number of likely N-dealkylation sites (tertiary alicyclic amines) is 1. The summed E-state index contributed by atoms with van der Waals surface area (Å²) in [6, 6.07) is 0. The Morgan fingerprint density at radius 3 is 2.00 bits per heavy atom. The molecule has 0 amide bonds. The van der Waals surface area contributed by atoms with E-state index in [1.54, 1.807) is 0 Å². The average molecular weight is 720 g/mol. The van der Waals surface area contributed by atoms with Crippen molar-refractivity contribution in [3.8, 4) is 5.75 Å². The molecule has 1 aromatic carbocycles. The largest absolute Gasteiger partial charge is 0.426 e. The Bertz CT molecular complexity index is 1200. The lowest BCUT2D eigenvalue weighted by molar-refractivity contribution is -0.134. The van der Waals surface area contributed by atoms with Gasteiger partial charge in [0.05, 0.1) is 0 Å². The van der Waals surface area contributed by atoms with Gasteiger partial charge < -0.3 is 9.64 Å². The van der Waals surface area contributed by atoms with Gasteiger partial charge in [0.25, 0.3) is 0 Å². The highest BCUT2D eigenvalue weighted by molar-refractivity contribution is 5.74. The minimum atomic E-state index is -0.0924. The van der Waals surface area contributed by atoms with Gasteiger partial charge in [-0.15, -0.1) is 0 Å². The smallest absolute Gasteiger partial charge is 0.311 e. The number of hydrogen-bond donors (Lipinski definition) is 0. The van der Waals surface area contributed by atoms with Crippen LogP contribution < -0.4 is 4.74 Å². The first-order chi connectivity index (χ1) is 24.9. The predicted molar refractivity (Wildman–Crippen MR) is 229 cm³/mol. The molecular weight excluding hydrogens is 635 g/mol. The van der Waals surface area contributed by atoms with E-state index in [4.69, 9.17) is 4.74 Å². The summed E-state index contributed by atoms with van der Waals surface area (Å²) >= 11 is 0. The third-order valence-electron chi connectivity index (χ3n) is 12.5. The SMILES string of the molecule is C=C(CCCC(C)CCCC(C)CCCC(C)C)CCc1c(C)c(C)c(C)c(OC(=O)CC/C(=C/CCC)CCCC2CCN(CCC)CC2)c1C. The molecule has 1 aliphatic rings. The molecule has 1 aliphatic heterocycles. The zero-order chi connectivity index (χ0) is 38.5. The number of ether oxygens (including phenoxy) is 1. The highest BCUT2D eigenvalue weighted by Crippen LogP contribution is 2.35. The van der Waals surface area contributed by atoms with Crippen LogP contribution in [0.1, 0.15) is 198 Å². The van der Waals surface area contributed by atoms with Crippen LogP contribution in [-0.4, -0.2) is 30.5 Å². The minimum absolute atomic E-state index is 0.0924. The lowest BCUT2D eigenvalue weighted by Crippen LogP contribution is -2.34. The fraction of sp³-hybridized carbons (Fsp3) is 0.776. The van der Waals surface area contributed by atoms with Crippen LogP contribution in [-0.2, 0) is 11.2 Å². The topological polar surface area (TPSA) is 29.5 Å². The highest BCUT2D eigenvalue weighted by atomic mass is 16.5. The number of hydrogen-bond acceptors (Lipinski definition) is 3. The highest BCUT2D eigenvalue weighted by Gasteiger charge is 2.20. The van der Waals surface area contributed by atoms with Crippen molar-refractivity contribution < 1.29 is 9.53 Å². The van der Waals surface area contributed by atoms with Crippen LogP contribution in [0.15, 0.2) is 23.8 Å². The Balaban J connectivity index is 1.82. The van der Waals surface area contributed by atoms with Crippen molar-refractivity contribution >= 4 is 5.97 Å². The summed E-state index contributed by atoms with van der Waals surface area (Å²) in [7, 11) is 0. The van der Waals surface area contributed by atoms with E-state index in [0.29, 0.717) is 6.42 Å². The molecule has 1 aromatic rings. The summed E-state index contributed by atoms with van der Waals surface area (Å²) in [6.07, 6.45) is 27.5. The fourth-order valence-electron chi connectivity index (χ4n) is 8.55. The van der Waals surface area contributed by atoms with Crippen molar-refractivity contribution in [2.24, 2.45) is 23.7 Å². The molecule has 2 unspecified atom stereocenters. The van der Waals surface area contributed by atoms with E-state index in [-0.39, 0.29) is 5.97 Å². The maximum absolute atomic E-state index is 13.3. The first-order valence-corrected chi connectivity index (χ1v) is 22.2. The predicted octanol–water partition coefficient (Wildman–Crippen LogP) is 14.6. The molecular formula is C49H85NO2. The number of benzene rings is 1. The van der Waals surface area contributed by atoms with Gasteiger partial charge in [0.1, 0.15) is 5.75 Å². The molecule has 1 fully saturated rings. The molecule has 2 atom stereocenters. The van der Waals surface area contributed by atoms with Gasteiger partial charge in [0.2, 0.25) is 0 Å². The quantitative estimate of drug-likeness (QED) is 0.0515. The summed E-state index contributed by atoms with van der Waals surface area (Å²) < 4.78 is 6.22. The molecule has 0 aliphatic carbocycles. The number of carbonyl (C=O) groups excluding carboxylic acids is 1. The van der Waals surface area contributed by atoms with Crippen LogP contribution >= 0.6 is 0 Å². The maximum atomic E-state index is 13.3. The summed E-state index contributed by atoms with van der Waals surface area (Å²) in [5.74, 6) is 4.08. The number of allylic oxidation sites excluding steroid dienone is 3. The molecule has 0 radical (unpaired) electrons. The van der Waals surface area contributed by atoms with Crippen LogP contribution in [0.3, 0.4) is 0 Å². The first-order valence-electron chi connectivity index (χ1n) is 22.2. The number of esters is 1. The standard InChI is InChI=1S/C49H85NO2/c1-12-14-25-45(26-18-27-46-32-35-50(34-13-2)36-33-46)29-31-48(51)52-49-43(10)41(8)42(9)47(44(49)11)30-28-40(7)24-17-23-39(6)22-16-21-38(5)20-15-19-37(3)4/h25,37-39,46H,7,12-24,26-36H2,1-6,8-11H3/b45-25+. The average Bonchev–Trinajstić information content (AvgIpc) is 3.10. The van der Waals surface area contributed by atoms with Crippen molar-refractivity contribution in [2.45, 2.75) is 204 Å². The van der Waals surface area contributed by atoms with Crippen molar-refractivity contribution in [1.82, 2.24) is 4.90 Å². The number of piperidine rings is 1. The molecule has 0 bridgehead atoms. The van der Waals surface area contributed by atoms with E-state index < -0.39 is 0 Å².